The fourth-order valence-electron chi connectivity index (χ4n) is 2.53. The third-order valence-corrected chi connectivity index (χ3v) is 4.04. The van der Waals surface area contributed by atoms with E-state index >= 15 is 0 Å². The molecule has 2 amide bonds. The van der Waals surface area contributed by atoms with Crippen LogP contribution >= 0.6 is 11.6 Å². The van der Waals surface area contributed by atoms with Crippen LogP contribution in [0.3, 0.4) is 0 Å². The number of halogens is 1. The van der Waals surface area contributed by atoms with Gasteiger partial charge in [-0.1, -0.05) is 18.2 Å². The van der Waals surface area contributed by atoms with Crippen LogP contribution in [0.4, 0.5) is 5.69 Å². The molecule has 3 aromatic rings. The normalized spacial score (nSPS) is 10.6. The second-order valence-corrected chi connectivity index (χ2v) is 5.76. The topological polar surface area (TPSA) is 76.0 Å². The van der Waals surface area contributed by atoms with E-state index in [4.69, 9.17) is 11.6 Å². The fourth-order valence-corrected chi connectivity index (χ4v) is 2.83. The summed E-state index contributed by atoms with van der Waals surface area (Å²) in [6.45, 7) is 2.55. The number of hydrogen-bond acceptors (Lipinski definition) is 3. The minimum absolute atomic E-state index is 0.115. The van der Waals surface area contributed by atoms with E-state index in [1.165, 1.54) is 0 Å². The number of para-hydroxylation sites is 1. The molecule has 1 aromatic heterocycles. The number of aryl methyl sites for hydroxylation is 1. The summed E-state index contributed by atoms with van der Waals surface area (Å²) >= 11 is 6.08. The molecule has 0 bridgehead atoms. The Bertz CT molecular complexity index is 921. The van der Waals surface area contributed by atoms with Gasteiger partial charge < -0.3 is 15.2 Å². The Morgan fingerprint density at radius 3 is 2.64 bits per heavy atom. The molecule has 6 nitrogen and oxygen atoms in total. The van der Waals surface area contributed by atoms with Gasteiger partial charge in [-0.05, 0) is 48.9 Å². The molecule has 128 valence electrons. The molecular formula is C18H17ClN4O2. The third kappa shape index (κ3) is 3.80. The molecule has 1 heterocycles. The second kappa shape index (κ2) is 7.36. The zero-order valence-corrected chi connectivity index (χ0v) is 14.4. The van der Waals surface area contributed by atoms with E-state index in [0.717, 1.165) is 5.52 Å². The molecule has 7 heteroatoms. The Morgan fingerprint density at radius 2 is 1.92 bits per heavy atom. The first-order chi connectivity index (χ1) is 12.1. The largest absolute Gasteiger partial charge is 0.343 e. The summed E-state index contributed by atoms with van der Waals surface area (Å²) in [6, 6.07) is 14.2. The zero-order chi connectivity index (χ0) is 17.8. The standard InChI is InChI=1S/C18H17ClN4O2/c1-2-23-15-9-8-12(10-14(15)22-18(23)19)17(25)20-11-16(24)21-13-6-4-3-5-7-13/h3-10H,2,11H2,1H3,(H,20,25)(H,21,24). The van der Waals surface area contributed by atoms with Crippen molar-refractivity contribution in [2.75, 3.05) is 11.9 Å². The van der Waals surface area contributed by atoms with Crippen molar-refractivity contribution in [1.82, 2.24) is 14.9 Å². The van der Waals surface area contributed by atoms with Crippen molar-refractivity contribution in [3.8, 4) is 0 Å². The molecule has 0 unspecified atom stereocenters. The SMILES string of the molecule is CCn1c(Cl)nc2cc(C(=O)NCC(=O)Nc3ccccc3)ccc21. The lowest BCUT2D eigenvalue weighted by molar-refractivity contribution is -0.115. The van der Waals surface area contributed by atoms with Crippen LogP contribution in [-0.4, -0.2) is 27.9 Å². The maximum absolute atomic E-state index is 12.2. The van der Waals surface area contributed by atoms with E-state index < -0.39 is 0 Å². The number of fused-ring (bicyclic) bond motifs is 1. The average molecular weight is 357 g/mol. The first kappa shape index (κ1) is 17.0. The maximum Gasteiger partial charge on any atom is 0.251 e. The number of nitrogens with zero attached hydrogens (tertiary/aromatic N) is 2. The third-order valence-electron chi connectivity index (χ3n) is 3.75. The number of amides is 2. The van der Waals surface area contributed by atoms with Crippen molar-refractivity contribution < 1.29 is 9.59 Å². The highest BCUT2D eigenvalue weighted by atomic mass is 35.5. The summed E-state index contributed by atoms with van der Waals surface area (Å²) in [5.74, 6) is -0.633. The Hall–Kier alpha value is -2.86. The van der Waals surface area contributed by atoms with E-state index in [-0.39, 0.29) is 18.4 Å². The minimum Gasteiger partial charge on any atom is -0.343 e. The van der Waals surface area contributed by atoms with Crippen molar-refractivity contribution in [2.45, 2.75) is 13.5 Å². The minimum atomic E-state index is -0.340. The van der Waals surface area contributed by atoms with E-state index in [9.17, 15) is 9.59 Å². The molecule has 0 aliphatic carbocycles. The van der Waals surface area contributed by atoms with E-state index in [1.807, 2.05) is 29.7 Å². The lowest BCUT2D eigenvalue weighted by atomic mass is 10.2. The van der Waals surface area contributed by atoms with Gasteiger partial charge in [-0.2, -0.15) is 0 Å². The van der Waals surface area contributed by atoms with E-state index in [0.29, 0.717) is 28.6 Å². The molecule has 0 aliphatic rings. The highest BCUT2D eigenvalue weighted by molar-refractivity contribution is 6.29. The van der Waals surface area contributed by atoms with Gasteiger partial charge in [0.25, 0.3) is 5.91 Å². The molecule has 0 saturated heterocycles. The van der Waals surface area contributed by atoms with Crippen LogP contribution in [0.1, 0.15) is 17.3 Å². The summed E-state index contributed by atoms with van der Waals surface area (Å²) in [7, 11) is 0. The summed E-state index contributed by atoms with van der Waals surface area (Å²) in [5, 5.41) is 5.70. The van der Waals surface area contributed by atoms with Crippen molar-refractivity contribution in [2.24, 2.45) is 0 Å². The molecule has 2 N–H and O–H groups in total. The Labute approximate surface area is 149 Å². The molecule has 3 rings (SSSR count). The lowest BCUT2D eigenvalue weighted by Crippen LogP contribution is -2.32. The van der Waals surface area contributed by atoms with Crippen molar-refractivity contribution in [3.05, 3.63) is 59.4 Å². The molecule has 0 atom stereocenters. The van der Waals surface area contributed by atoms with Crippen molar-refractivity contribution >= 4 is 40.1 Å². The molecular weight excluding hydrogens is 340 g/mol. The number of benzene rings is 2. The van der Waals surface area contributed by atoms with Gasteiger partial charge in [-0.15, -0.1) is 0 Å². The number of hydrogen-bond donors (Lipinski definition) is 2. The van der Waals surface area contributed by atoms with Crippen LogP contribution in [0.25, 0.3) is 11.0 Å². The fraction of sp³-hybridized carbons (Fsp3) is 0.167. The van der Waals surface area contributed by atoms with Crippen LogP contribution in [0.15, 0.2) is 48.5 Å². The van der Waals surface area contributed by atoms with Crippen LogP contribution in [0, 0.1) is 0 Å². The number of aromatic nitrogens is 2. The lowest BCUT2D eigenvalue weighted by Gasteiger charge is -2.07. The molecule has 0 radical (unpaired) electrons. The highest BCUT2D eigenvalue weighted by Crippen LogP contribution is 2.20. The number of carbonyl (C=O) groups excluding carboxylic acids is 2. The predicted molar refractivity (Wildman–Crippen MR) is 97.8 cm³/mol. The highest BCUT2D eigenvalue weighted by Gasteiger charge is 2.12. The maximum atomic E-state index is 12.2. The zero-order valence-electron chi connectivity index (χ0n) is 13.6. The van der Waals surface area contributed by atoms with E-state index in [2.05, 4.69) is 15.6 Å². The second-order valence-electron chi connectivity index (χ2n) is 5.43. The summed E-state index contributed by atoms with van der Waals surface area (Å²) in [5.41, 5.74) is 2.62. The van der Waals surface area contributed by atoms with Crippen LogP contribution in [0.2, 0.25) is 5.28 Å². The molecule has 25 heavy (non-hydrogen) atoms. The van der Waals surface area contributed by atoms with Gasteiger partial charge in [-0.25, -0.2) is 4.98 Å². The molecule has 0 spiro atoms. The Kier molecular flexibility index (Phi) is 5.00. The quantitative estimate of drug-likeness (QED) is 0.737. The number of nitrogens with one attached hydrogen (secondary N) is 2. The van der Waals surface area contributed by atoms with Crippen molar-refractivity contribution in [1.29, 1.82) is 0 Å². The number of carbonyl (C=O) groups is 2. The number of imidazole rings is 1. The first-order valence-corrected chi connectivity index (χ1v) is 8.25. The summed E-state index contributed by atoms with van der Waals surface area (Å²) in [6.07, 6.45) is 0. The van der Waals surface area contributed by atoms with Gasteiger partial charge in [0, 0.05) is 17.8 Å². The van der Waals surface area contributed by atoms with Gasteiger partial charge in [0.1, 0.15) is 0 Å². The van der Waals surface area contributed by atoms with Crippen LogP contribution in [-0.2, 0) is 11.3 Å². The molecule has 0 aliphatic heterocycles. The van der Waals surface area contributed by atoms with Crippen molar-refractivity contribution in [3.63, 3.8) is 0 Å². The first-order valence-electron chi connectivity index (χ1n) is 7.87. The molecule has 0 fully saturated rings. The summed E-state index contributed by atoms with van der Waals surface area (Å²) < 4.78 is 1.85. The number of anilines is 1. The smallest absolute Gasteiger partial charge is 0.251 e. The van der Waals surface area contributed by atoms with Gasteiger partial charge in [-0.3, -0.25) is 9.59 Å². The Morgan fingerprint density at radius 1 is 1.16 bits per heavy atom. The van der Waals surface area contributed by atoms with Gasteiger partial charge in [0.2, 0.25) is 11.2 Å². The molecule has 0 saturated carbocycles. The van der Waals surface area contributed by atoms with Crippen LogP contribution in [0.5, 0.6) is 0 Å². The van der Waals surface area contributed by atoms with Crippen LogP contribution < -0.4 is 10.6 Å². The van der Waals surface area contributed by atoms with Gasteiger partial charge in [0.15, 0.2) is 0 Å². The summed E-state index contributed by atoms with van der Waals surface area (Å²) in [4.78, 5) is 28.4. The Balaban J connectivity index is 1.65. The van der Waals surface area contributed by atoms with Gasteiger partial charge >= 0.3 is 0 Å². The van der Waals surface area contributed by atoms with Gasteiger partial charge in [0.05, 0.1) is 17.6 Å². The predicted octanol–water partition coefficient (Wildman–Crippen LogP) is 3.08. The number of rotatable bonds is 5. The monoisotopic (exact) mass is 356 g/mol. The molecule has 2 aromatic carbocycles. The van der Waals surface area contributed by atoms with E-state index in [1.54, 1.807) is 30.3 Å². The average Bonchev–Trinajstić information content (AvgIpc) is 2.94.